The molecule has 0 aliphatic carbocycles. The quantitative estimate of drug-likeness (QED) is 0.876. The average Bonchev–Trinajstić information content (AvgIpc) is 2.63. The van der Waals surface area contributed by atoms with Gasteiger partial charge in [0.15, 0.2) is 0 Å². The van der Waals surface area contributed by atoms with Gasteiger partial charge < -0.3 is 20.1 Å². The molecule has 0 spiro atoms. The molecule has 1 atom stereocenters. The van der Waals surface area contributed by atoms with Crippen LogP contribution in [-0.4, -0.2) is 39.7 Å². The van der Waals surface area contributed by atoms with Crippen LogP contribution in [0.1, 0.15) is 18.4 Å². The topological polar surface area (TPSA) is 92.2 Å². The minimum Gasteiger partial charge on any atom is -0.339 e. The second-order valence-electron chi connectivity index (χ2n) is 6.22. The summed E-state index contributed by atoms with van der Waals surface area (Å²) in [5, 5.41) is 5.63. The van der Waals surface area contributed by atoms with Crippen LogP contribution in [0.5, 0.6) is 0 Å². The summed E-state index contributed by atoms with van der Waals surface area (Å²) in [5.41, 5.74) is 0.820. The summed E-state index contributed by atoms with van der Waals surface area (Å²) in [5.74, 6) is 0.669. The Balaban J connectivity index is 1.63. The maximum atomic E-state index is 12.3. The number of carbonyl (C=O) groups is 1. The normalized spacial score (nSPS) is 17.2. The molecule has 1 saturated heterocycles. The fraction of sp³-hybridized carbons (Fsp3) is 0.412. The van der Waals surface area contributed by atoms with Crippen LogP contribution in [0.2, 0.25) is 0 Å². The number of carbonyl (C=O) groups excluding carboxylic acids is 1. The van der Waals surface area contributed by atoms with Crippen molar-refractivity contribution in [3.8, 4) is 0 Å². The highest BCUT2D eigenvalue weighted by molar-refractivity contribution is 5.90. The van der Waals surface area contributed by atoms with Gasteiger partial charge in [0.1, 0.15) is 5.69 Å². The fourth-order valence-electron chi connectivity index (χ4n) is 2.94. The summed E-state index contributed by atoms with van der Waals surface area (Å²) in [7, 11) is 1.66. The minimum atomic E-state index is -0.368. The number of hydrogen-bond donors (Lipinski definition) is 2. The van der Waals surface area contributed by atoms with E-state index in [1.807, 2.05) is 0 Å². The molecule has 2 amide bonds. The summed E-state index contributed by atoms with van der Waals surface area (Å²) in [6.07, 6.45) is 6.91. The molecule has 3 rings (SSSR count). The van der Waals surface area contributed by atoms with Crippen LogP contribution in [-0.2, 0) is 7.05 Å². The van der Waals surface area contributed by atoms with Gasteiger partial charge in [0.2, 0.25) is 5.95 Å². The van der Waals surface area contributed by atoms with Crippen molar-refractivity contribution in [3.05, 3.63) is 46.6 Å². The maximum Gasteiger partial charge on any atom is 0.319 e. The van der Waals surface area contributed by atoms with E-state index >= 15 is 0 Å². The first-order valence-electron chi connectivity index (χ1n) is 8.30. The molecule has 1 aliphatic rings. The zero-order chi connectivity index (χ0) is 17.8. The van der Waals surface area contributed by atoms with E-state index < -0.39 is 0 Å². The first-order chi connectivity index (χ1) is 12.0. The Bertz CT molecular complexity index is 805. The third-order valence-corrected chi connectivity index (χ3v) is 4.31. The number of hydrogen-bond acceptors (Lipinski definition) is 5. The molecular formula is C17H22N6O2. The number of piperidine rings is 1. The lowest BCUT2D eigenvalue weighted by molar-refractivity contribution is 0.246. The number of urea groups is 1. The summed E-state index contributed by atoms with van der Waals surface area (Å²) in [6.45, 7) is 3.30. The largest absolute Gasteiger partial charge is 0.339 e. The molecule has 25 heavy (non-hydrogen) atoms. The van der Waals surface area contributed by atoms with Crippen molar-refractivity contribution in [2.45, 2.75) is 25.8 Å². The van der Waals surface area contributed by atoms with Gasteiger partial charge in [0.05, 0.1) is 0 Å². The van der Waals surface area contributed by atoms with E-state index in [4.69, 9.17) is 0 Å². The number of nitrogens with one attached hydrogen (secondary N) is 2. The zero-order valence-corrected chi connectivity index (χ0v) is 14.4. The standard InChI is InChI=1S/C17H22N6O2/c1-12-6-10-22(2)15(24)14(12)21-17(25)20-13-5-3-9-23(11-13)16-18-7-4-8-19-16/h4,6-8,10,13H,3,5,9,11H2,1-2H3,(H2,20,21,25)/t13-/m0/s1. The first kappa shape index (κ1) is 16.9. The fourth-order valence-corrected chi connectivity index (χ4v) is 2.94. The van der Waals surface area contributed by atoms with Crippen molar-refractivity contribution < 1.29 is 4.79 Å². The molecule has 1 aliphatic heterocycles. The number of aromatic nitrogens is 3. The Morgan fingerprint density at radius 3 is 2.84 bits per heavy atom. The maximum absolute atomic E-state index is 12.3. The summed E-state index contributed by atoms with van der Waals surface area (Å²) in [6, 6.07) is 3.18. The van der Waals surface area contributed by atoms with E-state index in [0.717, 1.165) is 24.9 Å². The van der Waals surface area contributed by atoms with Gasteiger partial charge in [-0.3, -0.25) is 4.79 Å². The Hall–Kier alpha value is -2.90. The van der Waals surface area contributed by atoms with Crippen LogP contribution in [0.4, 0.5) is 16.4 Å². The second-order valence-corrected chi connectivity index (χ2v) is 6.22. The highest BCUT2D eigenvalue weighted by Gasteiger charge is 2.23. The molecule has 0 saturated carbocycles. The van der Waals surface area contributed by atoms with Gasteiger partial charge in [-0.05, 0) is 37.5 Å². The van der Waals surface area contributed by atoms with Crippen molar-refractivity contribution in [3.63, 3.8) is 0 Å². The van der Waals surface area contributed by atoms with Crippen LogP contribution in [0.3, 0.4) is 0 Å². The molecule has 0 aromatic carbocycles. The Kier molecular flexibility index (Phi) is 4.97. The molecule has 8 nitrogen and oxygen atoms in total. The molecule has 0 radical (unpaired) electrons. The van der Waals surface area contributed by atoms with Gasteiger partial charge in [-0.15, -0.1) is 0 Å². The van der Waals surface area contributed by atoms with Crippen LogP contribution < -0.4 is 21.1 Å². The predicted octanol–water partition coefficient (Wildman–Crippen LogP) is 1.27. The van der Waals surface area contributed by atoms with Crippen LogP contribution >= 0.6 is 0 Å². The van der Waals surface area contributed by atoms with Crippen molar-refractivity contribution in [1.82, 2.24) is 19.9 Å². The van der Waals surface area contributed by atoms with Gasteiger partial charge in [0, 0.05) is 44.8 Å². The van der Waals surface area contributed by atoms with E-state index in [1.165, 1.54) is 4.57 Å². The summed E-state index contributed by atoms with van der Waals surface area (Å²) < 4.78 is 1.44. The lowest BCUT2D eigenvalue weighted by atomic mass is 10.1. The van der Waals surface area contributed by atoms with Gasteiger partial charge in [-0.25, -0.2) is 14.8 Å². The molecule has 2 aromatic heterocycles. The lowest BCUT2D eigenvalue weighted by Crippen LogP contribution is -2.49. The SMILES string of the molecule is Cc1ccn(C)c(=O)c1NC(=O)N[C@H]1CCCN(c2ncccn2)C1. The van der Waals surface area contributed by atoms with E-state index in [9.17, 15) is 9.59 Å². The van der Waals surface area contributed by atoms with Crippen LogP contribution in [0.25, 0.3) is 0 Å². The number of aryl methyl sites for hydroxylation is 2. The van der Waals surface area contributed by atoms with Crippen molar-refractivity contribution in [2.75, 3.05) is 23.3 Å². The molecular weight excluding hydrogens is 320 g/mol. The summed E-state index contributed by atoms with van der Waals surface area (Å²) in [4.78, 5) is 35.0. The van der Waals surface area contributed by atoms with Crippen molar-refractivity contribution in [1.29, 1.82) is 0 Å². The highest BCUT2D eigenvalue weighted by Crippen LogP contribution is 2.15. The number of amides is 2. The monoisotopic (exact) mass is 342 g/mol. The Morgan fingerprint density at radius 2 is 2.08 bits per heavy atom. The molecule has 2 N–H and O–H groups in total. The van der Waals surface area contributed by atoms with E-state index in [0.29, 0.717) is 18.2 Å². The number of pyridine rings is 1. The molecule has 2 aromatic rings. The first-order valence-corrected chi connectivity index (χ1v) is 8.30. The molecule has 1 fully saturated rings. The van der Waals surface area contributed by atoms with Crippen LogP contribution in [0.15, 0.2) is 35.5 Å². The number of rotatable bonds is 3. The molecule has 0 bridgehead atoms. The van der Waals surface area contributed by atoms with Gasteiger partial charge in [-0.1, -0.05) is 0 Å². The van der Waals surface area contributed by atoms with Gasteiger partial charge in [0.25, 0.3) is 5.56 Å². The highest BCUT2D eigenvalue weighted by atomic mass is 16.2. The molecule has 0 unspecified atom stereocenters. The van der Waals surface area contributed by atoms with Crippen LogP contribution in [0, 0.1) is 6.92 Å². The Morgan fingerprint density at radius 1 is 1.32 bits per heavy atom. The van der Waals surface area contributed by atoms with Gasteiger partial charge >= 0.3 is 6.03 Å². The number of nitrogens with zero attached hydrogens (tertiary/aromatic N) is 4. The third-order valence-electron chi connectivity index (χ3n) is 4.31. The lowest BCUT2D eigenvalue weighted by Gasteiger charge is -2.33. The molecule has 3 heterocycles. The van der Waals surface area contributed by atoms with Crippen molar-refractivity contribution in [2.24, 2.45) is 7.05 Å². The van der Waals surface area contributed by atoms with E-state index in [1.54, 1.807) is 44.7 Å². The third kappa shape index (κ3) is 3.96. The molecule has 132 valence electrons. The second kappa shape index (κ2) is 7.33. The summed E-state index contributed by atoms with van der Waals surface area (Å²) >= 11 is 0. The van der Waals surface area contributed by atoms with Crippen molar-refractivity contribution >= 4 is 17.7 Å². The smallest absolute Gasteiger partial charge is 0.319 e. The zero-order valence-electron chi connectivity index (χ0n) is 14.4. The number of anilines is 2. The Labute approximate surface area is 145 Å². The molecule has 8 heteroatoms. The van der Waals surface area contributed by atoms with E-state index in [-0.39, 0.29) is 17.6 Å². The predicted molar refractivity (Wildman–Crippen MR) is 95.8 cm³/mol. The van der Waals surface area contributed by atoms with Gasteiger partial charge in [-0.2, -0.15) is 0 Å². The van der Waals surface area contributed by atoms with E-state index in [2.05, 4.69) is 25.5 Å². The minimum absolute atomic E-state index is 0.0228. The average molecular weight is 342 g/mol.